The Labute approximate surface area is 111 Å². The van der Waals surface area contributed by atoms with Crippen molar-refractivity contribution in [1.82, 2.24) is 14.3 Å². The van der Waals surface area contributed by atoms with Gasteiger partial charge in [0.15, 0.2) is 5.03 Å². The normalized spacial score (nSPS) is 25.0. The topological polar surface area (TPSA) is 103 Å². The zero-order chi connectivity index (χ0) is 14.3. The summed E-state index contributed by atoms with van der Waals surface area (Å²) in [7, 11) is -3.68. The van der Waals surface area contributed by atoms with Crippen molar-refractivity contribution in [1.29, 1.82) is 0 Å². The Morgan fingerprint density at radius 1 is 1.58 bits per heavy atom. The fraction of sp³-hybridized carbons (Fsp3) is 0.636. The average Bonchev–Trinajstić information content (AvgIpc) is 3.00. The van der Waals surface area contributed by atoms with Crippen molar-refractivity contribution in [3.63, 3.8) is 0 Å². The van der Waals surface area contributed by atoms with Crippen LogP contribution in [-0.2, 0) is 14.8 Å². The molecular weight excluding hydrogens is 270 g/mol. The zero-order valence-electron chi connectivity index (χ0n) is 10.8. The summed E-state index contributed by atoms with van der Waals surface area (Å²) in [6, 6.07) is 0. The monoisotopic (exact) mass is 287 g/mol. The van der Waals surface area contributed by atoms with Crippen LogP contribution in [0.15, 0.2) is 17.6 Å². The van der Waals surface area contributed by atoms with Crippen molar-refractivity contribution >= 4 is 16.0 Å². The van der Waals surface area contributed by atoms with Crippen LogP contribution in [0.25, 0.3) is 0 Å². The molecule has 1 saturated heterocycles. The number of carboxylic acid groups (broad SMARTS) is 1. The SMILES string of the molecule is CC(C)C1(C(=O)O)CCN(S(=O)(=O)c2cnc[nH]2)C1. The van der Waals surface area contributed by atoms with Gasteiger partial charge in [0.25, 0.3) is 10.0 Å². The second kappa shape index (κ2) is 4.61. The molecule has 0 aliphatic carbocycles. The summed E-state index contributed by atoms with van der Waals surface area (Å²) < 4.78 is 25.8. The lowest BCUT2D eigenvalue weighted by Gasteiger charge is -2.28. The maximum Gasteiger partial charge on any atom is 0.311 e. The van der Waals surface area contributed by atoms with Gasteiger partial charge in [0.1, 0.15) is 0 Å². The van der Waals surface area contributed by atoms with Crippen molar-refractivity contribution in [3.8, 4) is 0 Å². The third-order valence-electron chi connectivity index (χ3n) is 3.89. The highest BCUT2D eigenvalue weighted by molar-refractivity contribution is 7.89. The molecule has 1 atom stereocenters. The van der Waals surface area contributed by atoms with Crippen LogP contribution in [-0.4, -0.2) is 46.9 Å². The summed E-state index contributed by atoms with van der Waals surface area (Å²) in [5.41, 5.74) is -1.01. The number of sulfonamides is 1. The van der Waals surface area contributed by atoms with Crippen molar-refractivity contribution in [2.45, 2.75) is 25.3 Å². The van der Waals surface area contributed by atoms with E-state index in [9.17, 15) is 18.3 Å². The summed E-state index contributed by atoms with van der Waals surface area (Å²) in [4.78, 5) is 17.7. The Morgan fingerprint density at radius 2 is 2.26 bits per heavy atom. The minimum atomic E-state index is -3.68. The van der Waals surface area contributed by atoms with Crippen LogP contribution in [0.3, 0.4) is 0 Å². The number of rotatable bonds is 4. The Hall–Kier alpha value is -1.41. The maximum atomic E-state index is 12.3. The van der Waals surface area contributed by atoms with Crippen LogP contribution in [0.5, 0.6) is 0 Å². The van der Waals surface area contributed by atoms with Crippen molar-refractivity contribution in [2.75, 3.05) is 13.1 Å². The van der Waals surface area contributed by atoms with E-state index in [2.05, 4.69) is 9.97 Å². The van der Waals surface area contributed by atoms with E-state index in [0.29, 0.717) is 6.42 Å². The lowest BCUT2D eigenvalue weighted by atomic mass is 9.77. The first-order valence-electron chi connectivity index (χ1n) is 6.02. The van der Waals surface area contributed by atoms with E-state index in [-0.39, 0.29) is 24.0 Å². The molecule has 0 spiro atoms. The highest BCUT2D eigenvalue weighted by atomic mass is 32.2. The van der Waals surface area contributed by atoms with Gasteiger partial charge >= 0.3 is 5.97 Å². The fourth-order valence-electron chi connectivity index (χ4n) is 2.42. The molecule has 1 aliphatic rings. The molecule has 1 unspecified atom stereocenters. The predicted octanol–water partition coefficient (Wildman–Crippen LogP) is 0.531. The second-order valence-electron chi connectivity index (χ2n) is 5.12. The largest absolute Gasteiger partial charge is 0.481 e. The molecule has 1 aromatic heterocycles. The van der Waals surface area contributed by atoms with Crippen molar-refractivity contribution < 1.29 is 18.3 Å². The van der Waals surface area contributed by atoms with Gasteiger partial charge in [0.2, 0.25) is 0 Å². The zero-order valence-corrected chi connectivity index (χ0v) is 11.6. The first kappa shape index (κ1) is 14.0. The molecular formula is C11H17N3O4S. The third kappa shape index (κ3) is 2.14. The van der Waals surface area contributed by atoms with Crippen molar-refractivity contribution in [3.05, 3.63) is 12.5 Å². The third-order valence-corrected chi connectivity index (χ3v) is 5.66. The van der Waals surface area contributed by atoms with Gasteiger partial charge in [-0.15, -0.1) is 0 Å². The Kier molecular flexibility index (Phi) is 3.40. The van der Waals surface area contributed by atoms with Gasteiger partial charge < -0.3 is 10.1 Å². The van der Waals surface area contributed by atoms with Crippen LogP contribution in [0.1, 0.15) is 20.3 Å². The fourth-order valence-corrected chi connectivity index (χ4v) is 3.82. The second-order valence-corrected chi connectivity index (χ2v) is 7.03. The molecule has 2 N–H and O–H groups in total. The molecule has 7 nitrogen and oxygen atoms in total. The molecule has 1 aromatic rings. The van der Waals surface area contributed by atoms with E-state index in [4.69, 9.17) is 0 Å². The molecule has 0 bridgehead atoms. The number of carboxylic acids is 1. The molecule has 1 aliphatic heterocycles. The van der Waals surface area contributed by atoms with Gasteiger partial charge in [0, 0.05) is 13.1 Å². The number of nitrogens with one attached hydrogen (secondary N) is 1. The first-order valence-corrected chi connectivity index (χ1v) is 7.46. The molecule has 8 heteroatoms. The van der Waals surface area contributed by atoms with E-state index in [1.165, 1.54) is 16.8 Å². The van der Waals surface area contributed by atoms with Gasteiger partial charge in [-0.25, -0.2) is 13.4 Å². The summed E-state index contributed by atoms with van der Waals surface area (Å²) in [5.74, 6) is -1.07. The highest BCUT2D eigenvalue weighted by Gasteiger charge is 2.50. The van der Waals surface area contributed by atoms with E-state index in [0.717, 1.165) is 0 Å². The molecule has 19 heavy (non-hydrogen) atoms. The number of aromatic amines is 1. The van der Waals surface area contributed by atoms with E-state index < -0.39 is 21.4 Å². The number of aromatic nitrogens is 2. The molecule has 106 valence electrons. The van der Waals surface area contributed by atoms with E-state index in [1.807, 2.05) is 0 Å². The van der Waals surface area contributed by atoms with Crippen LogP contribution < -0.4 is 0 Å². The summed E-state index contributed by atoms with van der Waals surface area (Å²) >= 11 is 0. The standard InChI is InChI=1S/C11H17N3O4S/c1-8(2)11(10(15)16)3-4-14(6-11)19(17,18)9-5-12-7-13-9/h5,7-8H,3-4,6H2,1-2H3,(H,12,13)(H,15,16). The van der Waals surface area contributed by atoms with Crippen LogP contribution >= 0.6 is 0 Å². The van der Waals surface area contributed by atoms with E-state index in [1.54, 1.807) is 13.8 Å². The lowest BCUT2D eigenvalue weighted by Crippen LogP contribution is -2.40. The molecule has 1 fully saturated rings. The van der Waals surface area contributed by atoms with Gasteiger partial charge in [0.05, 0.1) is 17.9 Å². The quantitative estimate of drug-likeness (QED) is 0.840. The Morgan fingerprint density at radius 3 is 2.68 bits per heavy atom. The molecule has 0 amide bonds. The average molecular weight is 287 g/mol. The number of hydrogen-bond donors (Lipinski definition) is 2. The molecule has 0 radical (unpaired) electrons. The minimum Gasteiger partial charge on any atom is -0.481 e. The lowest BCUT2D eigenvalue weighted by molar-refractivity contribution is -0.150. The predicted molar refractivity (Wildman–Crippen MR) is 66.9 cm³/mol. The minimum absolute atomic E-state index is 0.00134. The molecule has 0 aromatic carbocycles. The molecule has 0 saturated carbocycles. The van der Waals surface area contributed by atoms with Gasteiger partial charge in [-0.2, -0.15) is 4.31 Å². The Bertz CT molecular complexity index is 567. The van der Waals surface area contributed by atoms with E-state index >= 15 is 0 Å². The smallest absolute Gasteiger partial charge is 0.311 e. The number of H-pyrrole nitrogens is 1. The molecule has 2 rings (SSSR count). The van der Waals surface area contributed by atoms with Gasteiger partial charge in [-0.1, -0.05) is 13.8 Å². The number of aliphatic carboxylic acids is 1. The van der Waals surface area contributed by atoms with Crippen LogP contribution in [0, 0.1) is 11.3 Å². The number of carbonyl (C=O) groups is 1. The van der Waals surface area contributed by atoms with Gasteiger partial charge in [-0.05, 0) is 12.3 Å². The van der Waals surface area contributed by atoms with Crippen LogP contribution in [0.2, 0.25) is 0 Å². The number of nitrogens with zero attached hydrogens (tertiary/aromatic N) is 2. The molecule has 2 heterocycles. The highest BCUT2D eigenvalue weighted by Crippen LogP contribution is 2.39. The number of imidazole rings is 1. The van der Waals surface area contributed by atoms with Crippen LogP contribution in [0.4, 0.5) is 0 Å². The van der Waals surface area contributed by atoms with Crippen molar-refractivity contribution in [2.24, 2.45) is 11.3 Å². The summed E-state index contributed by atoms with van der Waals surface area (Å²) in [6.45, 7) is 3.83. The summed E-state index contributed by atoms with van der Waals surface area (Å²) in [5, 5.41) is 9.40. The maximum absolute atomic E-state index is 12.3. The summed E-state index contributed by atoms with van der Waals surface area (Å²) in [6.07, 6.45) is 2.84. The number of hydrogen-bond acceptors (Lipinski definition) is 4. The Balaban J connectivity index is 2.30. The first-order chi connectivity index (χ1) is 8.80. The van der Waals surface area contributed by atoms with Gasteiger partial charge in [-0.3, -0.25) is 4.79 Å².